The SMILES string of the molecule is Cc1cc(=O)n2nc(S(=O)(=O)c3ncc(C(F)(F)F)cc3Cl)nc2n1Cc1ccc(Cl)nc1. The van der Waals surface area contributed by atoms with E-state index >= 15 is 0 Å². The molecule has 0 amide bonds. The average Bonchev–Trinajstić information content (AvgIpc) is 3.18. The van der Waals surface area contributed by atoms with Gasteiger partial charge in [-0.15, -0.1) is 5.10 Å². The first-order chi connectivity index (χ1) is 15.4. The summed E-state index contributed by atoms with van der Waals surface area (Å²) in [5, 5.41) is 1.56. The summed E-state index contributed by atoms with van der Waals surface area (Å²) in [4.78, 5) is 23.7. The van der Waals surface area contributed by atoms with Gasteiger partial charge in [-0.25, -0.2) is 18.4 Å². The number of aromatic nitrogens is 6. The fourth-order valence-electron chi connectivity index (χ4n) is 2.94. The third-order valence-electron chi connectivity index (χ3n) is 4.54. The van der Waals surface area contributed by atoms with Crippen LogP contribution in [-0.2, 0) is 22.6 Å². The largest absolute Gasteiger partial charge is 0.417 e. The first-order valence-electron chi connectivity index (χ1n) is 8.93. The van der Waals surface area contributed by atoms with Gasteiger partial charge in [-0.05, 0) is 24.6 Å². The zero-order valence-electron chi connectivity index (χ0n) is 16.4. The Labute approximate surface area is 193 Å². The Balaban J connectivity index is 1.85. The van der Waals surface area contributed by atoms with Gasteiger partial charge in [-0.3, -0.25) is 4.79 Å². The van der Waals surface area contributed by atoms with Crippen LogP contribution in [0.15, 0.2) is 51.6 Å². The van der Waals surface area contributed by atoms with Gasteiger partial charge in [0.1, 0.15) is 5.15 Å². The van der Waals surface area contributed by atoms with Crippen molar-refractivity contribution in [1.82, 2.24) is 29.1 Å². The molecule has 9 nitrogen and oxygen atoms in total. The molecule has 0 saturated carbocycles. The van der Waals surface area contributed by atoms with Gasteiger partial charge in [0.2, 0.25) is 5.78 Å². The number of sulfone groups is 1. The van der Waals surface area contributed by atoms with Crippen LogP contribution in [0.4, 0.5) is 13.2 Å². The molecule has 0 N–H and O–H groups in total. The molecule has 15 heteroatoms. The Morgan fingerprint density at radius 2 is 1.82 bits per heavy atom. The molecule has 0 radical (unpaired) electrons. The predicted molar refractivity (Wildman–Crippen MR) is 110 cm³/mol. The molecule has 33 heavy (non-hydrogen) atoms. The monoisotopic (exact) mass is 518 g/mol. The molecule has 0 saturated heterocycles. The number of hydrogen-bond donors (Lipinski definition) is 0. The summed E-state index contributed by atoms with van der Waals surface area (Å²) in [6.07, 6.45) is -2.93. The quantitative estimate of drug-likeness (QED) is 0.381. The molecule has 4 heterocycles. The van der Waals surface area contributed by atoms with Crippen molar-refractivity contribution in [2.45, 2.75) is 29.8 Å². The number of rotatable bonds is 4. The minimum absolute atomic E-state index is 0.114. The molecule has 0 aromatic carbocycles. The smallest absolute Gasteiger partial charge is 0.310 e. The van der Waals surface area contributed by atoms with Crippen molar-refractivity contribution in [3.63, 3.8) is 0 Å². The van der Waals surface area contributed by atoms with E-state index in [1.165, 1.54) is 16.8 Å². The Bertz CT molecular complexity index is 1550. The van der Waals surface area contributed by atoms with Crippen LogP contribution in [0, 0.1) is 6.92 Å². The molecule has 0 atom stereocenters. The van der Waals surface area contributed by atoms with Crippen LogP contribution in [0.3, 0.4) is 0 Å². The first-order valence-corrected chi connectivity index (χ1v) is 11.2. The van der Waals surface area contributed by atoms with Crippen molar-refractivity contribution in [3.8, 4) is 0 Å². The lowest BCUT2D eigenvalue weighted by molar-refractivity contribution is -0.137. The lowest BCUT2D eigenvalue weighted by Gasteiger charge is -2.11. The van der Waals surface area contributed by atoms with Crippen molar-refractivity contribution in [1.29, 1.82) is 0 Å². The molecule has 0 aliphatic rings. The van der Waals surface area contributed by atoms with E-state index in [1.54, 1.807) is 19.1 Å². The maximum atomic E-state index is 13.0. The highest BCUT2D eigenvalue weighted by molar-refractivity contribution is 7.91. The second kappa shape index (κ2) is 8.08. The van der Waals surface area contributed by atoms with Crippen LogP contribution in [0.25, 0.3) is 5.78 Å². The Hall–Kier alpha value is -3.03. The van der Waals surface area contributed by atoms with E-state index in [1.807, 2.05) is 0 Å². The minimum atomic E-state index is -4.77. The van der Waals surface area contributed by atoms with Crippen molar-refractivity contribution < 1.29 is 21.6 Å². The van der Waals surface area contributed by atoms with Crippen LogP contribution >= 0.6 is 23.2 Å². The molecule has 0 unspecified atom stereocenters. The van der Waals surface area contributed by atoms with Gasteiger partial charge in [0.15, 0.2) is 5.03 Å². The van der Waals surface area contributed by atoms with Crippen LogP contribution < -0.4 is 5.56 Å². The molecule has 0 aliphatic carbocycles. The van der Waals surface area contributed by atoms with Gasteiger partial charge in [-0.2, -0.15) is 22.7 Å². The van der Waals surface area contributed by atoms with E-state index in [9.17, 15) is 26.4 Å². The molecule has 0 fully saturated rings. The maximum Gasteiger partial charge on any atom is 0.417 e. The normalized spacial score (nSPS) is 12.4. The molecular weight excluding hydrogens is 508 g/mol. The highest BCUT2D eigenvalue weighted by Gasteiger charge is 2.34. The molecular formula is C18H11Cl2F3N6O3S. The van der Waals surface area contributed by atoms with Gasteiger partial charge in [0.25, 0.3) is 20.6 Å². The van der Waals surface area contributed by atoms with Crippen molar-refractivity contribution >= 4 is 38.8 Å². The summed E-state index contributed by atoms with van der Waals surface area (Å²) in [6.45, 7) is 1.76. The van der Waals surface area contributed by atoms with Crippen LogP contribution in [0.2, 0.25) is 10.2 Å². The molecule has 0 aliphatic heterocycles. The summed E-state index contributed by atoms with van der Waals surface area (Å²) in [5.41, 5.74) is -0.757. The van der Waals surface area contributed by atoms with Gasteiger partial charge in [0, 0.05) is 24.2 Å². The third kappa shape index (κ3) is 4.30. The number of alkyl halides is 3. The first kappa shape index (κ1) is 23.1. The highest BCUT2D eigenvalue weighted by Crippen LogP contribution is 2.33. The molecule has 0 spiro atoms. The van der Waals surface area contributed by atoms with E-state index in [0.717, 1.165) is 4.52 Å². The average molecular weight is 519 g/mol. The fraction of sp³-hybridized carbons (Fsp3) is 0.167. The summed E-state index contributed by atoms with van der Waals surface area (Å²) >= 11 is 11.6. The second-order valence-electron chi connectivity index (χ2n) is 6.82. The van der Waals surface area contributed by atoms with Gasteiger partial charge in [-0.1, -0.05) is 29.3 Å². The van der Waals surface area contributed by atoms with Gasteiger partial charge < -0.3 is 4.57 Å². The van der Waals surface area contributed by atoms with Crippen LogP contribution in [0.1, 0.15) is 16.8 Å². The van der Waals surface area contributed by atoms with Crippen molar-refractivity contribution in [2.75, 3.05) is 0 Å². The van der Waals surface area contributed by atoms with Crippen molar-refractivity contribution in [3.05, 3.63) is 74.0 Å². The number of pyridine rings is 2. The van der Waals surface area contributed by atoms with Gasteiger partial charge >= 0.3 is 6.18 Å². The molecule has 4 aromatic rings. The minimum Gasteiger partial charge on any atom is -0.310 e. The number of halogens is 5. The summed E-state index contributed by atoms with van der Waals surface area (Å²) in [6, 6.07) is 4.91. The van der Waals surface area contributed by atoms with E-state index in [2.05, 4.69) is 20.1 Å². The predicted octanol–water partition coefficient (Wildman–Crippen LogP) is 3.20. The lowest BCUT2D eigenvalue weighted by Crippen LogP contribution is -2.20. The van der Waals surface area contributed by atoms with E-state index < -0.39 is 42.3 Å². The Kier molecular flexibility index (Phi) is 5.66. The topological polar surface area (TPSA) is 112 Å². The molecule has 0 bridgehead atoms. The zero-order chi connectivity index (χ0) is 24.1. The number of aryl methyl sites for hydroxylation is 1. The van der Waals surface area contributed by atoms with Gasteiger partial charge in [0.05, 0.1) is 17.1 Å². The van der Waals surface area contributed by atoms with Crippen LogP contribution in [0.5, 0.6) is 0 Å². The van der Waals surface area contributed by atoms with Crippen molar-refractivity contribution in [2.24, 2.45) is 0 Å². The number of nitrogens with zero attached hydrogens (tertiary/aromatic N) is 6. The molecule has 4 aromatic heterocycles. The number of fused-ring (bicyclic) bond motifs is 1. The van der Waals surface area contributed by atoms with E-state index in [0.29, 0.717) is 23.5 Å². The molecule has 172 valence electrons. The standard InChI is InChI=1S/C18H11Cl2F3N6O3S/c1-9-4-14(30)29-17(28(9)8-10-2-3-13(20)24-6-10)26-16(27-29)33(31,32)15-12(19)5-11(7-25-15)18(21,22)23/h2-7H,8H2,1H3. The summed E-state index contributed by atoms with van der Waals surface area (Å²) in [7, 11) is -4.65. The Morgan fingerprint density at radius 3 is 2.42 bits per heavy atom. The Morgan fingerprint density at radius 1 is 1.09 bits per heavy atom. The summed E-state index contributed by atoms with van der Waals surface area (Å²) < 4.78 is 66.8. The third-order valence-corrected chi connectivity index (χ3v) is 6.65. The number of hydrogen-bond acceptors (Lipinski definition) is 7. The van der Waals surface area contributed by atoms with E-state index in [-0.39, 0.29) is 17.5 Å². The summed E-state index contributed by atoms with van der Waals surface area (Å²) in [5.74, 6) is -0.114. The lowest BCUT2D eigenvalue weighted by atomic mass is 10.3. The zero-order valence-corrected chi connectivity index (χ0v) is 18.7. The highest BCUT2D eigenvalue weighted by atomic mass is 35.5. The van der Waals surface area contributed by atoms with E-state index in [4.69, 9.17) is 23.2 Å². The second-order valence-corrected chi connectivity index (χ2v) is 9.37. The fourth-order valence-corrected chi connectivity index (χ4v) is 4.59. The maximum absolute atomic E-state index is 13.0. The molecule has 4 rings (SSSR count). The van der Waals surface area contributed by atoms with Crippen LogP contribution in [-0.4, -0.2) is 37.6 Å².